The molecule has 1 heterocycles. The molecule has 0 N–H and O–H groups in total. The number of anilines is 3. The van der Waals surface area contributed by atoms with E-state index in [-0.39, 0.29) is 5.41 Å². The van der Waals surface area contributed by atoms with Gasteiger partial charge in [-0.25, -0.2) is 0 Å². The average molecular weight is 768 g/mol. The van der Waals surface area contributed by atoms with Crippen molar-refractivity contribution < 1.29 is 4.74 Å². The topological polar surface area (TPSA) is 12.5 Å². The minimum absolute atomic E-state index is 0.0418. The summed E-state index contributed by atoms with van der Waals surface area (Å²) in [5, 5.41) is 2.30. The zero-order valence-electron chi connectivity index (χ0n) is 33.2. The van der Waals surface area contributed by atoms with Crippen molar-refractivity contribution in [1.82, 2.24) is 0 Å². The van der Waals surface area contributed by atoms with Gasteiger partial charge in [-0.3, -0.25) is 0 Å². The Hall–Kier alpha value is -7.16. The SMILES string of the molecule is c1ccc(-c2ccccc2N(c2ccc3c(c2)C2(CCCC2)c2ccccc2-3)c2cccc3c2-c2ccccc2C32c3ccccc3Oc3c2ccc2ccccc32)cc1. The van der Waals surface area contributed by atoms with E-state index >= 15 is 0 Å². The van der Waals surface area contributed by atoms with E-state index in [0.29, 0.717) is 0 Å². The minimum Gasteiger partial charge on any atom is -0.456 e. The molecule has 2 heteroatoms. The van der Waals surface area contributed by atoms with Crippen molar-refractivity contribution in [3.63, 3.8) is 0 Å². The fourth-order valence-corrected chi connectivity index (χ4v) is 11.9. The molecular weight excluding hydrogens is 727 g/mol. The first-order valence-electron chi connectivity index (χ1n) is 21.5. The van der Waals surface area contributed by atoms with Gasteiger partial charge >= 0.3 is 0 Å². The van der Waals surface area contributed by atoms with Crippen LogP contribution < -0.4 is 9.64 Å². The number of benzene rings is 9. The lowest BCUT2D eigenvalue weighted by molar-refractivity contribution is 0.441. The van der Waals surface area contributed by atoms with Crippen LogP contribution in [0, 0.1) is 0 Å². The van der Waals surface area contributed by atoms with E-state index in [1.165, 1.54) is 109 Å². The summed E-state index contributed by atoms with van der Waals surface area (Å²) in [7, 11) is 0. The number of para-hydroxylation sites is 2. The lowest BCUT2D eigenvalue weighted by atomic mass is 9.65. The van der Waals surface area contributed by atoms with Crippen molar-refractivity contribution in [1.29, 1.82) is 0 Å². The summed E-state index contributed by atoms with van der Waals surface area (Å²) >= 11 is 0. The summed E-state index contributed by atoms with van der Waals surface area (Å²) in [6.07, 6.45) is 4.89. The van der Waals surface area contributed by atoms with Gasteiger partial charge in [0.15, 0.2) is 0 Å². The van der Waals surface area contributed by atoms with Gasteiger partial charge in [-0.2, -0.15) is 0 Å². The number of rotatable bonds is 4. The Morgan fingerprint density at radius 2 is 1.07 bits per heavy atom. The second-order valence-corrected chi connectivity index (χ2v) is 17.0. The summed E-state index contributed by atoms with van der Waals surface area (Å²) in [5.74, 6) is 1.84. The smallest absolute Gasteiger partial charge is 0.140 e. The fourth-order valence-electron chi connectivity index (χ4n) is 11.9. The third-order valence-corrected chi connectivity index (χ3v) is 14.3. The third-order valence-electron chi connectivity index (χ3n) is 14.3. The molecule has 9 aromatic carbocycles. The first kappa shape index (κ1) is 33.8. The normalized spacial score (nSPS) is 17.1. The fraction of sp³-hybridized carbons (Fsp3) is 0.103. The van der Waals surface area contributed by atoms with E-state index in [0.717, 1.165) is 22.6 Å². The van der Waals surface area contributed by atoms with Crippen molar-refractivity contribution in [2.45, 2.75) is 36.5 Å². The number of hydrogen-bond donors (Lipinski definition) is 0. The number of ether oxygens (including phenoxy) is 1. The summed E-state index contributed by atoms with van der Waals surface area (Å²) < 4.78 is 6.99. The molecule has 0 saturated heterocycles. The molecule has 1 unspecified atom stereocenters. The molecule has 284 valence electrons. The minimum atomic E-state index is -0.603. The zero-order chi connectivity index (χ0) is 39.4. The van der Waals surface area contributed by atoms with Crippen molar-refractivity contribution >= 4 is 27.8 Å². The first-order valence-corrected chi connectivity index (χ1v) is 21.5. The lowest BCUT2D eigenvalue weighted by Gasteiger charge is -2.40. The maximum Gasteiger partial charge on any atom is 0.140 e. The molecule has 0 radical (unpaired) electrons. The molecule has 1 saturated carbocycles. The van der Waals surface area contributed by atoms with Gasteiger partial charge in [-0.1, -0.05) is 183 Å². The molecule has 1 aliphatic heterocycles. The first-order chi connectivity index (χ1) is 29.8. The quantitative estimate of drug-likeness (QED) is 0.177. The van der Waals surface area contributed by atoms with Crippen LogP contribution in [-0.2, 0) is 10.8 Å². The van der Waals surface area contributed by atoms with Gasteiger partial charge in [0.25, 0.3) is 0 Å². The van der Waals surface area contributed by atoms with Gasteiger partial charge < -0.3 is 9.64 Å². The average Bonchev–Trinajstić information content (AvgIpc) is 4.00. The molecule has 60 heavy (non-hydrogen) atoms. The monoisotopic (exact) mass is 767 g/mol. The second-order valence-electron chi connectivity index (χ2n) is 17.0. The van der Waals surface area contributed by atoms with Crippen LogP contribution >= 0.6 is 0 Å². The van der Waals surface area contributed by atoms with Crippen LogP contribution in [0.25, 0.3) is 44.2 Å². The highest BCUT2D eigenvalue weighted by atomic mass is 16.5. The van der Waals surface area contributed by atoms with E-state index in [1.54, 1.807) is 0 Å². The van der Waals surface area contributed by atoms with Crippen LogP contribution in [0.4, 0.5) is 17.1 Å². The Morgan fingerprint density at radius 1 is 0.417 bits per heavy atom. The van der Waals surface area contributed by atoms with Crippen LogP contribution in [0.5, 0.6) is 11.5 Å². The van der Waals surface area contributed by atoms with E-state index in [2.05, 4.69) is 205 Å². The molecule has 2 nitrogen and oxygen atoms in total. The second kappa shape index (κ2) is 12.7. The summed E-state index contributed by atoms with van der Waals surface area (Å²) in [5.41, 5.74) is 18.5. The highest BCUT2D eigenvalue weighted by molar-refractivity contribution is 6.02. The molecule has 4 aliphatic rings. The van der Waals surface area contributed by atoms with Crippen LogP contribution in [0.1, 0.15) is 59.1 Å². The van der Waals surface area contributed by atoms with Gasteiger partial charge in [-0.05, 0) is 93.1 Å². The Morgan fingerprint density at radius 3 is 1.93 bits per heavy atom. The molecule has 0 amide bonds. The molecule has 13 rings (SSSR count). The predicted octanol–water partition coefficient (Wildman–Crippen LogP) is 15.3. The molecule has 3 aliphatic carbocycles. The van der Waals surface area contributed by atoms with Crippen LogP contribution in [-0.4, -0.2) is 0 Å². The Labute approximate surface area is 351 Å². The zero-order valence-corrected chi connectivity index (χ0v) is 33.2. The Kier molecular flexibility index (Phi) is 7.13. The Bertz CT molecular complexity index is 3210. The van der Waals surface area contributed by atoms with E-state index in [4.69, 9.17) is 4.74 Å². The highest BCUT2D eigenvalue weighted by Crippen LogP contribution is 2.65. The largest absolute Gasteiger partial charge is 0.456 e. The van der Waals surface area contributed by atoms with E-state index in [1.807, 2.05) is 0 Å². The molecule has 0 bridgehead atoms. The maximum absolute atomic E-state index is 6.99. The third kappa shape index (κ3) is 4.43. The molecule has 2 spiro atoms. The van der Waals surface area contributed by atoms with Crippen LogP contribution in [0.2, 0.25) is 0 Å². The number of nitrogens with zero attached hydrogens (tertiary/aromatic N) is 1. The van der Waals surface area contributed by atoms with E-state index in [9.17, 15) is 0 Å². The molecule has 0 aromatic heterocycles. The van der Waals surface area contributed by atoms with Gasteiger partial charge in [0.2, 0.25) is 0 Å². The van der Waals surface area contributed by atoms with Crippen molar-refractivity contribution in [3.05, 3.63) is 234 Å². The van der Waals surface area contributed by atoms with E-state index < -0.39 is 5.41 Å². The Balaban J connectivity index is 1.13. The van der Waals surface area contributed by atoms with Crippen molar-refractivity contribution in [2.75, 3.05) is 4.90 Å². The molecule has 9 aromatic rings. The van der Waals surface area contributed by atoms with Gasteiger partial charge in [0, 0.05) is 38.7 Å². The van der Waals surface area contributed by atoms with Crippen molar-refractivity contribution in [2.24, 2.45) is 0 Å². The highest BCUT2D eigenvalue weighted by Gasteiger charge is 2.52. The maximum atomic E-state index is 6.99. The van der Waals surface area contributed by atoms with Gasteiger partial charge in [0.1, 0.15) is 11.5 Å². The van der Waals surface area contributed by atoms with Gasteiger partial charge in [0.05, 0.1) is 16.8 Å². The lowest BCUT2D eigenvalue weighted by Crippen LogP contribution is -2.32. The summed E-state index contributed by atoms with van der Waals surface area (Å²) in [4.78, 5) is 2.58. The van der Waals surface area contributed by atoms with Crippen LogP contribution in [0.15, 0.2) is 200 Å². The number of fused-ring (bicyclic) bond motifs is 16. The molecule has 1 atom stereocenters. The standard InChI is InChI=1S/C58H41NO/c1-2-17-38(18-3-1)41-20-8-12-28-52(41)59(40-32-33-44-43-22-6-9-24-46(43)57(51(44)37-40)35-14-15-36-57)53-29-16-27-49-55(53)45-23-7-10-25-47(45)58(49)48-26-11-13-30-54(48)60-56-42-21-5-4-19-39(42)31-34-50(56)58/h1-13,16-34,37H,14-15,35-36H2. The predicted molar refractivity (Wildman–Crippen MR) is 246 cm³/mol. The van der Waals surface area contributed by atoms with Crippen LogP contribution in [0.3, 0.4) is 0 Å². The molecule has 1 fully saturated rings. The summed E-state index contributed by atoms with van der Waals surface area (Å²) in [6.45, 7) is 0. The van der Waals surface area contributed by atoms with Crippen molar-refractivity contribution in [3.8, 4) is 44.9 Å². The summed E-state index contributed by atoms with van der Waals surface area (Å²) in [6, 6.07) is 74.5. The van der Waals surface area contributed by atoms with Gasteiger partial charge in [-0.15, -0.1) is 0 Å². The molecular formula is C58H41NO. The number of hydrogen-bond acceptors (Lipinski definition) is 2.